The van der Waals surface area contributed by atoms with Gasteiger partial charge in [-0.05, 0) is 24.1 Å². The second kappa shape index (κ2) is 5.82. The van der Waals surface area contributed by atoms with Gasteiger partial charge in [0.1, 0.15) is 5.69 Å². The highest BCUT2D eigenvalue weighted by molar-refractivity contribution is 9.10. The lowest BCUT2D eigenvalue weighted by atomic mass is 10.2. The van der Waals surface area contributed by atoms with Gasteiger partial charge in [0.2, 0.25) is 0 Å². The fourth-order valence-electron chi connectivity index (χ4n) is 1.58. The van der Waals surface area contributed by atoms with E-state index < -0.39 is 6.10 Å². The average Bonchev–Trinajstić information content (AvgIpc) is 2.80. The van der Waals surface area contributed by atoms with E-state index in [9.17, 15) is 5.11 Å². The number of aliphatic hydroxyl groups is 1. The number of aliphatic hydroxyl groups excluding tert-OH is 1. The first-order valence-corrected chi connectivity index (χ1v) is 6.79. The maximum atomic E-state index is 9.65. The summed E-state index contributed by atoms with van der Waals surface area (Å²) in [7, 11) is 0. The smallest absolute Gasteiger partial charge is 0.111 e. The predicted octanol–water partition coefficient (Wildman–Crippen LogP) is 3.19. The second-order valence-corrected chi connectivity index (χ2v) is 5.32. The van der Waals surface area contributed by atoms with Gasteiger partial charge in [0.15, 0.2) is 0 Å². The summed E-state index contributed by atoms with van der Waals surface area (Å²) in [4.78, 5) is 0. The van der Waals surface area contributed by atoms with Crippen molar-refractivity contribution < 1.29 is 5.11 Å². The summed E-state index contributed by atoms with van der Waals surface area (Å²) in [5.74, 6) is 0. The topological polar surface area (TPSA) is 50.9 Å². The molecule has 0 spiro atoms. The first-order chi connectivity index (χ1) is 8.60. The van der Waals surface area contributed by atoms with Crippen molar-refractivity contribution in [3.05, 3.63) is 45.1 Å². The quantitative estimate of drug-likeness (QED) is 0.936. The van der Waals surface area contributed by atoms with Crippen LogP contribution < -0.4 is 0 Å². The summed E-state index contributed by atoms with van der Waals surface area (Å²) in [6, 6.07) is 5.71. The van der Waals surface area contributed by atoms with Crippen LogP contribution in [0.4, 0.5) is 0 Å². The number of aromatic nitrogens is 3. The summed E-state index contributed by atoms with van der Waals surface area (Å²) in [6.45, 7) is 2.44. The lowest BCUT2D eigenvalue weighted by Gasteiger charge is -2.04. The number of nitrogens with zero attached hydrogens (tertiary/aromatic N) is 3. The van der Waals surface area contributed by atoms with Crippen LogP contribution in [0.1, 0.15) is 30.7 Å². The Hall–Kier alpha value is -0.910. The molecular weight excluding hydrogens is 318 g/mol. The SMILES string of the molecule is CCC(O)c1cn(Cc2ccc(Br)cc2Cl)nn1. The van der Waals surface area contributed by atoms with Crippen LogP contribution >= 0.6 is 27.5 Å². The Morgan fingerprint density at radius 2 is 2.28 bits per heavy atom. The van der Waals surface area contributed by atoms with Gasteiger partial charge >= 0.3 is 0 Å². The molecule has 18 heavy (non-hydrogen) atoms. The molecule has 0 saturated carbocycles. The van der Waals surface area contributed by atoms with Crippen LogP contribution in [0, 0.1) is 0 Å². The van der Waals surface area contributed by atoms with Crippen molar-refractivity contribution in [2.45, 2.75) is 26.0 Å². The summed E-state index contributed by atoms with van der Waals surface area (Å²) in [5, 5.41) is 18.3. The van der Waals surface area contributed by atoms with Gasteiger partial charge in [0.25, 0.3) is 0 Å². The normalized spacial score (nSPS) is 12.7. The Morgan fingerprint density at radius 3 is 2.94 bits per heavy atom. The summed E-state index contributed by atoms with van der Waals surface area (Å²) < 4.78 is 2.61. The molecule has 1 aromatic heterocycles. The molecule has 0 radical (unpaired) electrons. The first-order valence-electron chi connectivity index (χ1n) is 5.62. The molecule has 0 aliphatic carbocycles. The third kappa shape index (κ3) is 3.10. The molecule has 1 heterocycles. The van der Waals surface area contributed by atoms with E-state index in [4.69, 9.17) is 11.6 Å². The summed E-state index contributed by atoms with van der Waals surface area (Å²) in [5.41, 5.74) is 1.55. The maximum absolute atomic E-state index is 9.65. The molecule has 0 fully saturated rings. The molecule has 1 unspecified atom stereocenters. The van der Waals surface area contributed by atoms with Crippen molar-refractivity contribution in [2.24, 2.45) is 0 Å². The zero-order valence-corrected chi connectivity index (χ0v) is 12.2. The molecule has 1 atom stereocenters. The fraction of sp³-hybridized carbons (Fsp3) is 0.333. The number of benzene rings is 1. The molecule has 1 aromatic carbocycles. The van der Waals surface area contributed by atoms with Gasteiger partial charge in [0, 0.05) is 9.50 Å². The highest BCUT2D eigenvalue weighted by Gasteiger charge is 2.10. The van der Waals surface area contributed by atoms with Gasteiger partial charge in [0.05, 0.1) is 18.8 Å². The van der Waals surface area contributed by atoms with Crippen LogP contribution in [0.3, 0.4) is 0 Å². The van der Waals surface area contributed by atoms with E-state index in [0.29, 0.717) is 23.7 Å². The highest BCUT2D eigenvalue weighted by atomic mass is 79.9. The molecule has 2 aromatic rings. The Bertz CT molecular complexity index is 544. The van der Waals surface area contributed by atoms with Crippen molar-refractivity contribution in [3.8, 4) is 0 Å². The zero-order valence-electron chi connectivity index (χ0n) is 9.85. The molecule has 0 bridgehead atoms. The van der Waals surface area contributed by atoms with E-state index in [1.807, 2.05) is 25.1 Å². The number of hydrogen-bond acceptors (Lipinski definition) is 3. The molecule has 1 N–H and O–H groups in total. The maximum Gasteiger partial charge on any atom is 0.111 e. The second-order valence-electron chi connectivity index (χ2n) is 4.00. The van der Waals surface area contributed by atoms with Crippen LogP contribution in [0.25, 0.3) is 0 Å². The summed E-state index contributed by atoms with van der Waals surface area (Å²) >= 11 is 9.50. The third-order valence-electron chi connectivity index (χ3n) is 2.63. The van der Waals surface area contributed by atoms with E-state index in [0.717, 1.165) is 10.0 Å². The average molecular weight is 331 g/mol. The van der Waals surface area contributed by atoms with Gasteiger partial charge in [-0.2, -0.15) is 0 Å². The molecule has 0 saturated heterocycles. The largest absolute Gasteiger partial charge is 0.387 e. The Kier molecular flexibility index (Phi) is 4.37. The minimum Gasteiger partial charge on any atom is -0.387 e. The van der Waals surface area contributed by atoms with Crippen molar-refractivity contribution in [2.75, 3.05) is 0 Å². The standard InChI is InChI=1S/C12H13BrClN3O/c1-2-12(18)11-7-17(16-15-11)6-8-3-4-9(13)5-10(8)14/h3-5,7,12,18H,2,6H2,1H3. The monoisotopic (exact) mass is 329 g/mol. The van der Waals surface area contributed by atoms with E-state index in [-0.39, 0.29) is 0 Å². The number of hydrogen-bond donors (Lipinski definition) is 1. The molecule has 2 rings (SSSR count). The van der Waals surface area contributed by atoms with Crippen molar-refractivity contribution >= 4 is 27.5 Å². The third-order valence-corrected chi connectivity index (χ3v) is 3.48. The highest BCUT2D eigenvalue weighted by Crippen LogP contribution is 2.22. The summed E-state index contributed by atoms with van der Waals surface area (Å²) in [6.07, 6.45) is 1.81. The lowest BCUT2D eigenvalue weighted by Crippen LogP contribution is -2.01. The van der Waals surface area contributed by atoms with Gasteiger partial charge < -0.3 is 5.11 Å². The zero-order chi connectivity index (χ0) is 13.1. The Balaban J connectivity index is 2.16. The van der Waals surface area contributed by atoms with Crippen LogP contribution in [-0.4, -0.2) is 20.1 Å². The Labute approximate surface area is 119 Å². The van der Waals surface area contributed by atoms with Gasteiger partial charge in [-0.3, -0.25) is 0 Å². The van der Waals surface area contributed by atoms with Crippen molar-refractivity contribution in [3.63, 3.8) is 0 Å². The molecule has 0 aliphatic rings. The van der Waals surface area contributed by atoms with Crippen LogP contribution in [0.15, 0.2) is 28.9 Å². The van der Waals surface area contributed by atoms with Crippen LogP contribution in [-0.2, 0) is 6.54 Å². The van der Waals surface area contributed by atoms with Gasteiger partial charge in [-0.1, -0.05) is 45.7 Å². The number of rotatable bonds is 4. The predicted molar refractivity (Wildman–Crippen MR) is 73.5 cm³/mol. The number of halogens is 2. The molecule has 4 nitrogen and oxygen atoms in total. The lowest BCUT2D eigenvalue weighted by molar-refractivity contribution is 0.168. The minimum absolute atomic E-state index is 0.537. The first kappa shape index (κ1) is 13.5. The molecular formula is C12H13BrClN3O. The molecule has 0 amide bonds. The van der Waals surface area contributed by atoms with Crippen LogP contribution in [0.2, 0.25) is 5.02 Å². The molecule has 6 heteroatoms. The van der Waals surface area contributed by atoms with E-state index in [1.165, 1.54) is 0 Å². The van der Waals surface area contributed by atoms with Crippen molar-refractivity contribution in [1.29, 1.82) is 0 Å². The molecule has 96 valence electrons. The van der Waals surface area contributed by atoms with E-state index >= 15 is 0 Å². The minimum atomic E-state index is -0.556. The van der Waals surface area contributed by atoms with Crippen LogP contribution in [0.5, 0.6) is 0 Å². The van der Waals surface area contributed by atoms with E-state index in [2.05, 4.69) is 26.2 Å². The van der Waals surface area contributed by atoms with Crippen molar-refractivity contribution in [1.82, 2.24) is 15.0 Å². The Morgan fingerprint density at radius 1 is 1.50 bits per heavy atom. The van der Waals surface area contributed by atoms with Gasteiger partial charge in [-0.15, -0.1) is 5.10 Å². The fourth-order valence-corrected chi connectivity index (χ4v) is 2.31. The molecule has 0 aliphatic heterocycles. The van der Waals surface area contributed by atoms with Gasteiger partial charge in [-0.25, -0.2) is 4.68 Å². The van der Waals surface area contributed by atoms with E-state index in [1.54, 1.807) is 10.9 Å².